The third-order valence-corrected chi connectivity index (χ3v) is 2.37. The number of morpholine rings is 1. The highest BCUT2D eigenvalue weighted by Gasteiger charge is 2.12. The molecule has 3 heteroatoms. The molecule has 2 heterocycles. The van der Waals surface area contributed by atoms with Gasteiger partial charge in [0.15, 0.2) is 0 Å². The second-order valence-electron chi connectivity index (χ2n) is 3.41. The van der Waals surface area contributed by atoms with Crippen LogP contribution >= 0.6 is 0 Å². The predicted molar refractivity (Wildman–Crippen MR) is 52.2 cm³/mol. The molecule has 0 atom stereocenters. The smallest absolute Gasteiger partial charge is 0.0706 e. The Morgan fingerprint density at radius 2 is 2.00 bits per heavy atom. The van der Waals surface area contributed by atoms with Gasteiger partial charge in [0, 0.05) is 25.8 Å². The van der Waals surface area contributed by atoms with Gasteiger partial charge in [0.1, 0.15) is 0 Å². The fourth-order valence-electron chi connectivity index (χ4n) is 1.61. The van der Waals surface area contributed by atoms with Crippen molar-refractivity contribution in [3.05, 3.63) is 24.4 Å². The maximum Gasteiger partial charge on any atom is 0.0706 e. The topological polar surface area (TPSA) is 15.7 Å². The minimum Gasteiger partial charge on any atom is -0.379 e. The molecule has 1 fully saturated rings. The van der Waals surface area contributed by atoms with Crippen molar-refractivity contribution in [1.29, 1.82) is 0 Å². The van der Waals surface area contributed by atoms with E-state index in [1.165, 1.54) is 0 Å². The van der Waals surface area contributed by atoms with Gasteiger partial charge in [-0.3, -0.25) is 4.90 Å². The minimum absolute atomic E-state index is 0.882. The number of ether oxygens (including phenoxy) is 1. The molecule has 0 radical (unpaired) electrons. The van der Waals surface area contributed by atoms with Gasteiger partial charge < -0.3 is 9.64 Å². The van der Waals surface area contributed by atoms with Crippen LogP contribution in [0.5, 0.6) is 0 Å². The molecule has 0 N–H and O–H groups in total. The van der Waals surface area contributed by atoms with E-state index in [2.05, 4.69) is 34.2 Å². The van der Waals surface area contributed by atoms with Crippen molar-refractivity contribution >= 4 is 0 Å². The summed E-state index contributed by atoms with van der Waals surface area (Å²) >= 11 is 0. The summed E-state index contributed by atoms with van der Waals surface area (Å²) in [6, 6.07) is 0. The number of nitrogens with zero attached hydrogens (tertiary/aromatic N) is 2. The average Bonchev–Trinajstić information content (AvgIpc) is 2.21. The normalized spacial score (nSPS) is 23.8. The lowest BCUT2D eigenvalue weighted by Gasteiger charge is -2.32. The van der Waals surface area contributed by atoms with E-state index in [0.717, 1.165) is 39.5 Å². The Labute approximate surface area is 79.3 Å². The first-order valence-electron chi connectivity index (χ1n) is 4.82. The molecular weight excluding hydrogens is 164 g/mol. The van der Waals surface area contributed by atoms with Gasteiger partial charge in [0.25, 0.3) is 0 Å². The molecule has 13 heavy (non-hydrogen) atoms. The summed E-state index contributed by atoms with van der Waals surface area (Å²) in [5.41, 5.74) is 0. The molecule has 0 unspecified atom stereocenters. The second-order valence-corrected chi connectivity index (χ2v) is 3.41. The monoisotopic (exact) mass is 180 g/mol. The van der Waals surface area contributed by atoms with E-state index >= 15 is 0 Å². The molecule has 72 valence electrons. The third kappa shape index (κ3) is 2.57. The third-order valence-electron chi connectivity index (χ3n) is 2.37. The number of allylic oxidation sites excluding steroid dienone is 2. The highest BCUT2D eigenvalue weighted by atomic mass is 16.5. The molecule has 0 spiro atoms. The van der Waals surface area contributed by atoms with Crippen molar-refractivity contribution in [2.45, 2.75) is 0 Å². The van der Waals surface area contributed by atoms with Crippen molar-refractivity contribution in [2.24, 2.45) is 0 Å². The second kappa shape index (κ2) is 4.44. The minimum atomic E-state index is 0.882. The number of rotatable bonds is 2. The molecule has 2 rings (SSSR count). The van der Waals surface area contributed by atoms with E-state index in [4.69, 9.17) is 4.74 Å². The van der Waals surface area contributed by atoms with Crippen LogP contribution in [0.15, 0.2) is 24.4 Å². The summed E-state index contributed by atoms with van der Waals surface area (Å²) in [6.45, 7) is 5.96. The lowest BCUT2D eigenvalue weighted by molar-refractivity contribution is 0.0197. The summed E-state index contributed by atoms with van der Waals surface area (Å²) in [6.07, 6.45) is 8.51. The van der Waals surface area contributed by atoms with Crippen molar-refractivity contribution in [3.63, 3.8) is 0 Å². The van der Waals surface area contributed by atoms with Crippen LogP contribution in [0.1, 0.15) is 0 Å². The van der Waals surface area contributed by atoms with Gasteiger partial charge in [0.2, 0.25) is 0 Å². The molecule has 0 bridgehead atoms. The van der Waals surface area contributed by atoms with Crippen LogP contribution < -0.4 is 0 Å². The van der Waals surface area contributed by atoms with E-state index < -0.39 is 0 Å². The molecule has 0 amide bonds. The first-order valence-corrected chi connectivity index (χ1v) is 4.82. The van der Waals surface area contributed by atoms with Crippen molar-refractivity contribution in [1.82, 2.24) is 9.80 Å². The van der Waals surface area contributed by atoms with Gasteiger partial charge in [-0.05, 0) is 6.08 Å². The quantitative estimate of drug-likeness (QED) is 0.621. The molecule has 0 aliphatic carbocycles. The lowest BCUT2D eigenvalue weighted by atomic mass is 10.3. The number of hydrogen-bond acceptors (Lipinski definition) is 3. The SMILES string of the molecule is C1=CCN(CN2CCOCC2)C=C1. The highest BCUT2D eigenvalue weighted by Crippen LogP contribution is 2.03. The highest BCUT2D eigenvalue weighted by molar-refractivity contribution is 5.08. The van der Waals surface area contributed by atoms with Gasteiger partial charge in [-0.25, -0.2) is 0 Å². The molecule has 0 aromatic rings. The summed E-state index contributed by atoms with van der Waals surface area (Å²) in [5, 5.41) is 0. The first-order chi connectivity index (χ1) is 6.45. The Morgan fingerprint density at radius 3 is 2.69 bits per heavy atom. The zero-order valence-electron chi connectivity index (χ0n) is 7.85. The van der Waals surface area contributed by atoms with Crippen molar-refractivity contribution in [2.75, 3.05) is 39.5 Å². The molecule has 3 nitrogen and oxygen atoms in total. The molecule has 2 aliphatic rings. The zero-order chi connectivity index (χ0) is 8.93. The van der Waals surface area contributed by atoms with E-state index in [-0.39, 0.29) is 0 Å². The summed E-state index contributed by atoms with van der Waals surface area (Å²) in [4.78, 5) is 4.73. The fourth-order valence-corrected chi connectivity index (χ4v) is 1.61. The Hall–Kier alpha value is -0.800. The largest absolute Gasteiger partial charge is 0.379 e. The first kappa shape index (κ1) is 8.78. The maximum absolute atomic E-state index is 5.30. The summed E-state index contributed by atoms with van der Waals surface area (Å²) < 4.78 is 5.30. The van der Waals surface area contributed by atoms with Crippen molar-refractivity contribution in [3.8, 4) is 0 Å². The van der Waals surface area contributed by atoms with E-state index in [0.29, 0.717) is 0 Å². The Morgan fingerprint density at radius 1 is 1.15 bits per heavy atom. The van der Waals surface area contributed by atoms with Crippen LogP contribution in [0, 0.1) is 0 Å². The van der Waals surface area contributed by atoms with Crippen LogP contribution in [-0.4, -0.2) is 49.3 Å². The van der Waals surface area contributed by atoms with Gasteiger partial charge in [-0.2, -0.15) is 0 Å². The van der Waals surface area contributed by atoms with E-state index in [9.17, 15) is 0 Å². The van der Waals surface area contributed by atoms with E-state index in [1.807, 2.05) is 0 Å². The maximum atomic E-state index is 5.30. The van der Waals surface area contributed by atoms with Crippen LogP contribution in [0.4, 0.5) is 0 Å². The van der Waals surface area contributed by atoms with Crippen LogP contribution in [-0.2, 0) is 4.74 Å². The van der Waals surface area contributed by atoms with Gasteiger partial charge in [-0.15, -0.1) is 0 Å². The van der Waals surface area contributed by atoms with Crippen molar-refractivity contribution < 1.29 is 4.74 Å². The zero-order valence-corrected chi connectivity index (χ0v) is 7.85. The molecular formula is C10H16N2O. The predicted octanol–water partition coefficient (Wildman–Crippen LogP) is 0.662. The lowest BCUT2D eigenvalue weighted by Crippen LogP contribution is -2.42. The van der Waals surface area contributed by atoms with Crippen LogP contribution in [0.25, 0.3) is 0 Å². The van der Waals surface area contributed by atoms with Gasteiger partial charge in [-0.1, -0.05) is 12.2 Å². The fraction of sp³-hybridized carbons (Fsp3) is 0.600. The Bertz CT molecular complexity index is 207. The summed E-state index contributed by atoms with van der Waals surface area (Å²) in [7, 11) is 0. The average molecular weight is 180 g/mol. The molecule has 0 aromatic carbocycles. The van der Waals surface area contributed by atoms with Crippen LogP contribution in [0.2, 0.25) is 0 Å². The molecule has 2 aliphatic heterocycles. The standard InChI is InChI=1S/C10H16N2O/c1-2-4-11(5-3-1)10-12-6-8-13-9-7-12/h1-4H,5-10H2. The molecule has 0 saturated carbocycles. The molecule has 1 saturated heterocycles. The molecule has 0 aromatic heterocycles. The van der Waals surface area contributed by atoms with E-state index in [1.54, 1.807) is 0 Å². The Kier molecular flexibility index (Phi) is 3.00. The number of hydrogen-bond donors (Lipinski definition) is 0. The summed E-state index contributed by atoms with van der Waals surface area (Å²) in [5.74, 6) is 0. The van der Waals surface area contributed by atoms with Crippen LogP contribution in [0.3, 0.4) is 0 Å². The Balaban J connectivity index is 1.76. The van der Waals surface area contributed by atoms with Gasteiger partial charge >= 0.3 is 0 Å². The van der Waals surface area contributed by atoms with Gasteiger partial charge in [0.05, 0.1) is 19.9 Å².